The van der Waals surface area contributed by atoms with E-state index in [9.17, 15) is 4.79 Å². The van der Waals surface area contributed by atoms with E-state index in [4.69, 9.17) is 23.2 Å². The molecular formula is C13H8Br2Cl2N2O. The molecule has 0 saturated carbocycles. The summed E-state index contributed by atoms with van der Waals surface area (Å²) in [6, 6.07) is 9.89. The Morgan fingerprint density at radius 3 is 1.75 bits per heavy atom. The van der Waals surface area contributed by atoms with Crippen molar-refractivity contribution in [3.05, 3.63) is 55.4 Å². The van der Waals surface area contributed by atoms with Crippen LogP contribution in [0.15, 0.2) is 45.3 Å². The lowest BCUT2D eigenvalue weighted by atomic mass is 10.3. The maximum absolute atomic E-state index is 11.9. The normalized spacial score (nSPS) is 10.2. The topological polar surface area (TPSA) is 41.1 Å². The molecule has 0 aliphatic heterocycles. The summed E-state index contributed by atoms with van der Waals surface area (Å²) in [6.45, 7) is 0. The van der Waals surface area contributed by atoms with E-state index in [0.29, 0.717) is 21.4 Å². The number of carbonyl (C=O) groups is 1. The first kappa shape index (κ1) is 15.6. The average molecular weight is 439 g/mol. The van der Waals surface area contributed by atoms with E-state index in [0.717, 1.165) is 8.95 Å². The highest BCUT2D eigenvalue weighted by atomic mass is 79.9. The van der Waals surface area contributed by atoms with Crippen molar-refractivity contribution in [1.29, 1.82) is 0 Å². The molecule has 0 heterocycles. The Morgan fingerprint density at radius 1 is 0.800 bits per heavy atom. The highest BCUT2D eigenvalue weighted by molar-refractivity contribution is 9.11. The molecular weight excluding hydrogens is 431 g/mol. The summed E-state index contributed by atoms with van der Waals surface area (Å²) in [5.41, 5.74) is 1.17. The summed E-state index contributed by atoms with van der Waals surface area (Å²) in [7, 11) is 0. The Balaban J connectivity index is 2.08. The molecule has 2 rings (SSSR count). The van der Waals surface area contributed by atoms with Gasteiger partial charge in [-0.2, -0.15) is 0 Å². The van der Waals surface area contributed by atoms with Gasteiger partial charge < -0.3 is 10.6 Å². The monoisotopic (exact) mass is 436 g/mol. The number of halogens is 4. The maximum Gasteiger partial charge on any atom is 0.323 e. The van der Waals surface area contributed by atoms with Crippen LogP contribution in [0.4, 0.5) is 16.2 Å². The fourth-order valence-corrected chi connectivity index (χ4v) is 3.37. The van der Waals surface area contributed by atoms with Gasteiger partial charge in [-0.05, 0) is 36.4 Å². The zero-order valence-electron chi connectivity index (χ0n) is 9.88. The SMILES string of the molecule is O=C(Nc1cc(Cl)cc(Cl)c1)Nc1cc(Br)cc(Br)c1. The minimum absolute atomic E-state index is 0.381. The number of amides is 2. The Kier molecular flexibility index (Phi) is 5.32. The van der Waals surface area contributed by atoms with E-state index in [1.54, 1.807) is 30.3 Å². The molecule has 3 nitrogen and oxygen atoms in total. The largest absolute Gasteiger partial charge is 0.323 e. The highest BCUT2D eigenvalue weighted by Gasteiger charge is 2.06. The number of urea groups is 1. The van der Waals surface area contributed by atoms with Crippen molar-refractivity contribution >= 4 is 72.5 Å². The molecule has 0 radical (unpaired) electrons. The Bertz CT molecular complexity index is 569. The summed E-state index contributed by atoms with van der Waals surface area (Å²) in [6.07, 6.45) is 0. The average Bonchev–Trinajstić information content (AvgIpc) is 2.24. The predicted octanol–water partition coefficient (Wildman–Crippen LogP) is 6.16. The minimum atomic E-state index is -0.381. The van der Waals surface area contributed by atoms with Crippen LogP contribution in [0.1, 0.15) is 0 Å². The fourth-order valence-electron chi connectivity index (χ4n) is 1.55. The molecule has 7 heteroatoms. The lowest BCUT2D eigenvalue weighted by Gasteiger charge is -2.09. The number of nitrogens with one attached hydrogen (secondary N) is 2. The zero-order valence-corrected chi connectivity index (χ0v) is 14.6. The second kappa shape index (κ2) is 6.80. The quantitative estimate of drug-likeness (QED) is 0.579. The van der Waals surface area contributed by atoms with Crippen LogP contribution < -0.4 is 10.6 Å². The predicted molar refractivity (Wildman–Crippen MR) is 90.9 cm³/mol. The summed E-state index contributed by atoms with van der Waals surface area (Å²) < 4.78 is 1.71. The molecule has 0 spiro atoms. The molecule has 2 amide bonds. The van der Waals surface area contributed by atoms with Crippen molar-refractivity contribution in [2.45, 2.75) is 0 Å². The third kappa shape index (κ3) is 4.66. The number of carbonyl (C=O) groups excluding carboxylic acids is 1. The summed E-state index contributed by atoms with van der Waals surface area (Å²) in [4.78, 5) is 11.9. The van der Waals surface area contributed by atoms with Gasteiger partial charge in [-0.25, -0.2) is 4.79 Å². The highest BCUT2D eigenvalue weighted by Crippen LogP contribution is 2.25. The fraction of sp³-hybridized carbons (Fsp3) is 0. The van der Waals surface area contributed by atoms with E-state index in [1.165, 1.54) is 0 Å². The van der Waals surface area contributed by atoms with Crippen molar-refractivity contribution in [3.8, 4) is 0 Å². The molecule has 2 aromatic carbocycles. The summed E-state index contributed by atoms with van der Waals surface area (Å²) >= 11 is 18.4. The third-order valence-corrected chi connectivity index (χ3v) is 3.59. The van der Waals surface area contributed by atoms with Gasteiger partial charge in [0, 0.05) is 30.4 Å². The molecule has 104 valence electrons. The van der Waals surface area contributed by atoms with E-state index in [1.807, 2.05) is 6.07 Å². The molecule has 0 aliphatic carbocycles. The third-order valence-electron chi connectivity index (χ3n) is 2.24. The van der Waals surface area contributed by atoms with Crippen LogP contribution in [0, 0.1) is 0 Å². The van der Waals surface area contributed by atoms with Crippen molar-refractivity contribution in [1.82, 2.24) is 0 Å². The summed E-state index contributed by atoms with van der Waals surface area (Å²) in [5.74, 6) is 0. The van der Waals surface area contributed by atoms with Crippen LogP contribution in [-0.2, 0) is 0 Å². The van der Waals surface area contributed by atoms with Gasteiger partial charge in [-0.15, -0.1) is 0 Å². The van der Waals surface area contributed by atoms with Gasteiger partial charge in [0.1, 0.15) is 0 Å². The van der Waals surface area contributed by atoms with Gasteiger partial charge in [0.25, 0.3) is 0 Å². The first-order valence-corrected chi connectivity index (χ1v) is 7.77. The molecule has 0 saturated heterocycles. The smallest absolute Gasteiger partial charge is 0.308 e. The van der Waals surface area contributed by atoms with E-state index in [-0.39, 0.29) is 6.03 Å². The maximum atomic E-state index is 11.9. The van der Waals surface area contributed by atoms with Crippen molar-refractivity contribution < 1.29 is 4.79 Å². The van der Waals surface area contributed by atoms with Crippen LogP contribution in [-0.4, -0.2) is 6.03 Å². The van der Waals surface area contributed by atoms with Gasteiger partial charge in [-0.1, -0.05) is 55.1 Å². The Morgan fingerprint density at radius 2 is 1.25 bits per heavy atom. The number of anilines is 2. The molecule has 0 aliphatic rings. The molecule has 20 heavy (non-hydrogen) atoms. The Hall–Kier alpha value is -0.750. The minimum Gasteiger partial charge on any atom is -0.308 e. The first-order chi connectivity index (χ1) is 9.42. The van der Waals surface area contributed by atoms with Crippen molar-refractivity contribution in [2.24, 2.45) is 0 Å². The number of benzene rings is 2. The van der Waals surface area contributed by atoms with Crippen LogP contribution >= 0.6 is 55.1 Å². The van der Waals surface area contributed by atoms with Gasteiger partial charge in [0.15, 0.2) is 0 Å². The lowest BCUT2D eigenvalue weighted by Crippen LogP contribution is -2.19. The zero-order chi connectivity index (χ0) is 14.7. The second-order valence-corrected chi connectivity index (χ2v) is 6.60. The summed E-state index contributed by atoms with van der Waals surface area (Å²) in [5, 5.41) is 6.29. The Labute approximate surface area is 142 Å². The molecule has 0 atom stereocenters. The van der Waals surface area contributed by atoms with Crippen LogP contribution in [0.5, 0.6) is 0 Å². The van der Waals surface area contributed by atoms with Gasteiger partial charge >= 0.3 is 6.03 Å². The van der Waals surface area contributed by atoms with Crippen molar-refractivity contribution in [2.75, 3.05) is 10.6 Å². The second-order valence-electron chi connectivity index (χ2n) is 3.90. The van der Waals surface area contributed by atoms with E-state index in [2.05, 4.69) is 42.5 Å². The van der Waals surface area contributed by atoms with E-state index < -0.39 is 0 Å². The van der Waals surface area contributed by atoms with E-state index >= 15 is 0 Å². The molecule has 2 aromatic rings. The standard InChI is InChI=1S/C13H8Br2Cl2N2O/c14-7-1-8(15)3-11(2-7)18-13(20)19-12-5-9(16)4-10(17)6-12/h1-6H,(H2,18,19,20). The number of hydrogen-bond acceptors (Lipinski definition) is 1. The molecule has 2 N–H and O–H groups in total. The molecule has 0 aromatic heterocycles. The van der Waals surface area contributed by atoms with Crippen molar-refractivity contribution in [3.63, 3.8) is 0 Å². The van der Waals surface area contributed by atoms with Crippen LogP contribution in [0.25, 0.3) is 0 Å². The first-order valence-electron chi connectivity index (χ1n) is 5.42. The van der Waals surface area contributed by atoms with Gasteiger partial charge in [0.05, 0.1) is 0 Å². The molecule has 0 unspecified atom stereocenters. The molecule has 0 bridgehead atoms. The number of hydrogen-bond donors (Lipinski definition) is 2. The van der Waals surface area contributed by atoms with Crippen LogP contribution in [0.2, 0.25) is 10.0 Å². The lowest BCUT2D eigenvalue weighted by molar-refractivity contribution is 0.262. The molecule has 0 fully saturated rings. The van der Waals surface area contributed by atoms with Crippen LogP contribution in [0.3, 0.4) is 0 Å². The number of rotatable bonds is 2. The van der Waals surface area contributed by atoms with Gasteiger partial charge in [-0.3, -0.25) is 0 Å². The van der Waals surface area contributed by atoms with Gasteiger partial charge in [0.2, 0.25) is 0 Å².